The maximum Gasteiger partial charge on any atom is 0.0808 e. The van der Waals surface area contributed by atoms with Crippen molar-refractivity contribution in [1.82, 2.24) is 10.4 Å². The molecule has 0 radical (unpaired) electrons. The van der Waals surface area contributed by atoms with Crippen LogP contribution in [0.3, 0.4) is 0 Å². The highest BCUT2D eigenvalue weighted by atomic mass is 79.9. The molecule has 0 saturated carbocycles. The van der Waals surface area contributed by atoms with Gasteiger partial charge in [0.25, 0.3) is 0 Å². The molecule has 0 amide bonds. The van der Waals surface area contributed by atoms with Gasteiger partial charge in [-0.25, -0.2) is 5.43 Å². The quantitative estimate of drug-likeness (QED) is 0.568. The molecule has 2 heterocycles. The van der Waals surface area contributed by atoms with Crippen LogP contribution in [0.4, 0.5) is 0 Å². The molecule has 3 aromatic rings. The fraction of sp³-hybridized carbons (Fsp3) is 0.0714. The van der Waals surface area contributed by atoms with Crippen molar-refractivity contribution in [3.05, 3.63) is 63.0 Å². The van der Waals surface area contributed by atoms with Gasteiger partial charge in [-0.3, -0.25) is 10.8 Å². The molecule has 1 unspecified atom stereocenters. The molecule has 1 atom stereocenters. The van der Waals surface area contributed by atoms with Gasteiger partial charge in [0.05, 0.1) is 6.04 Å². The van der Waals surface area contributed by atoms with Crippen molar-refractivity contribution in [3.8, 4) is 0 Å². The van der Waals surface area contributed by atoms with Gasteiger partial charge in [0.15, 0.2) is 0 Å². The first kappa shape index (κ1) is 12.7. The molecule has 5 heteroatoms. The lowest BCUT2D eigenvalue weighted by molar-refractivity contribution is 0.650. The van der Waals surface area contributed by atoms with E-state index in [1.165, 1.54) is 10.3 Å². The predicted molar refractivity (Wildman–Crippen MR) is 82.9 cm³/mol. The third kappa shape index (κ3) is 2.42. The van der Waals surface area contributed by atoms with Crippen LogP contribution in [-0.4, -0.2) is 4.98 Å². The van der Waals surface area contributed by atoms with E-state index in [-0.39, 0.29) is 6.04 Å². The molecule has 0 bridgehead atoms. The summed E-state index contributed by atoms with van der Waals surface area (Å²) in [5.74, 6) is 5.76. The molecule has 3 N–H and O–H groups in total. The van der Waals surface area contributed by atoms with Crippen molar-refractivity contribution in [1.29, 1.82) is 0 Å². The fourth-order valence-corrected chi connectivity index (χ4v) is 3.73. The topological polar surface area (TPSA) is 50.9 Å². The van der Waals surface area contributed by atoms with E-state index >= 15 is 0 Å². The summed E-state index contributed by atoms with van der Waals surface area (Å²) in [6.07, 6.45) is 3.68. The molecule has 1 aromatic carbocycles. The van der Waals surface area contributed by atoms with Gasteiger partial charge >= 0.3 is 0 Å². The Morgan fingerprint density at radius 2 is 2.21 bits per heavy atom. The van der Waals surface area contributed by atoms with Crippen molar-refractivity contribution >= 4 is 38.0 Å². The van der Waals surface area contributed by atoms with Gasteiger partial charge in [0, 0.05) is 32.5 Å². The number of pyridine rings is 1. The van der Waals surface area contributed by atoms with Gasteiger partial charge in [-0.15, -0.1) is 11.3 Å². The zero-order valence-electron chi connectivity index (χ0n) is 10.0. The predicted octanol–water partition coefficient (Wildman–Crippen LogP) is 3.61. The van der Waals surface area contributed by atoms with Crippen molar-refractivity contribution in [2.75, 3.05) is 0 Å². The van der Waals surface area contributed by atoms with Gasteiger partial charge in [-0.2, -0.15) is 0 Å². The summed E-state index contributed by atoms with van der Waals surface area (Å²) in [5.41, 5.74) is 4.07. The molecule has 0 fully saturated rings. The van der Waals surface area contributed by atoms with Gasteiger partial charge in [-0.05, 0) is 39.0 Å². The van der Waals surface area contributed by atoms with E-state index in [9.17, 15) is 0 Å². The largest absolute Gasteiger partial charge is 0.271 e. The van der Waals surface area contributed by atoms with Crippen LogP contribution in [0.2, 0.25) is 0 Å². The van der Waals surface area contributed by atoms with Crippen LogP contribution in [-0.2, 0) is 0 Å². The van der Waals surface area contributed by atoms with Crippen LogP contribution >= 0.6 is 27.3 Å². The van der Waals surface area contributed by atoms with Crippen molar-refractivity contribution < 1.29 is 0 Å². The van der Waals surface area contributed by atoms with Crippen LogP contribution in [0.1, 0.15) is 16.5 Å². The first-order chi connectivity index (χ1) is 9.29. The lowest BCUT2D eigenvalue weighted by atomic mass is 9.99. The molecule has 0 aliphatic heterocycles. The van der Waals surface area contributed by atoms with E-state index in [2.05, 4.69) is 49.9 Å². The number of nitrogens with one attached hydrogen (secondary N) is 1. The van der Waals surface area contributed by atoms with Crippen LogP contribution in [0.5, 0.6) is 0 Å². The fourth-order valence-electron chi connectivity index (χ4n) is 2.20. The molecule has 0 aliphatic carbocycles. The smallest absolute Gasteiger partial charge is 0.0808 e. The average Bonchev–Trinajstić information content (AvgIpc) is 2.86. The van der Waals surface area contributed by atoms with Crippen LogP contribution in [0, 0.1) is 0 Å². The highest BCUT2D eigenvalue weighted by Gasteiger charge is 2.16. The van der Waals surface area contributed by atoms with E-state index < -0.39 is 0 Å². The first-order valence-electron chi connectivity index (χ1n) is 5.82. The summed E-state index contributed by atoms with van der Waals surface area (Å²) in [6, 6.07) is 10.3. The van der Waals surface area contributed by atoms with Crippen molar-refractivity contribution in [2.24, 2.45) is 5.84 Å². The van der Waals surface area contributed by atoms with E-state index in [1.54, 1.807) is 11.3 Å². The minimum atomic E-state index is -0.0117. The second-order valence-corrected chi connectivity index (χ2v) is 6.07. The van der Waals surface area contributed by atoms with Crippen LogP contribution in [0.25, 0.3) is 10.8 Å². The van der Waals surface area contributed by atoms with E-state index in [4.69, 9.17) is 5.84 Å². The molecular formula is C14H12BrN3S. The number of thiophene rings is 1. The Hall–Kier alpha value is -1.27. The number of hydrogen-bond acceptors (Lipinski definition) is 4. The molecule has 3 nitrogen and oxygen atoms in total. The number of hydrogen-bond donors (Lipinski definition) is 2. The van der Waals surface area contributed by atoms with Gasteiger partial charge in [0.2, 0.25) is 0 Å². The number of nitrogens with zero attached hydrogens (tertiary/aromatic N) is 1. The number of halogens is 1. The van der Waals surface area contributed by atoms with Gasteiger partial charge in [-0.1, -0.05) is 18.2 Å². The Kier molecular flexibility index (Phi) is 3.61. The van der Waals surface area contributed by atoms with E-state index in [0.717, 1.165) is 15.4 Å². The molecule has 2 aromatic heterocycles. The number of benzene rings is 1. The lowest BCUT2D eigenvalue weighted by Crippen LogP contribution is -2.28. The summed E-state index contributed by atoms with van der Waals surface area (Å²) in [5, 5.41) is 4.35. The SMILES string of the molecule is NNC(c1cc(Br)cs1)c1cccc2cnccc12. The minimum absolute atomic E-state index is 0.0117. The number of rotatable bonds is 3. The molecular weight excluding hydrogens is 322 g/mol. The second-order valence-electron chi connectivity index (χ2n) is 4.21. The molecule has 0 saturated heterocycles. The highest BCUT2D eigenvalue weighted by molar-refractivity contribution is 9.10. The summed E-state index contributed by atoms with van der Waals surface area (Å²) >= 11 is 5.16. The van der Waals surface area contributed by atoms with E-state index in [0.29, 0.717) is 0 Å². The maximum atomic E-state index is 5.76. The first-order valence-corrected chi connectivity index (χ1v) is 7.49. The zero-order valence-corrected chi connectivity index (χ0v) is 12.4. The zero-order chi connectivity index (χ0) is 13.2. The molecule has 0 aliphatic rings. The second kappa shape index (κ2) is 5.38. The average molecular weight is 334 g/mol. The summed E-state index contributed by atoms with van der Waals surface area (Å²) in [6.45, 7) is 0. The van der Waals surface area contributed by atoms with Crippen LogP contribution < -0.4 is 11.3 Å². The number of fused-ring (bicyclic) bond motifs is 1. The third-order valence-electron chi connectivity index (χ3n) is 3.06. The van der Waals surface area contributed by atoms with E-state index in [1.807, 2.05) is 24.5 Å². The normalized spacial score (nSPS) is 12.7. The molecule has 0 spiro atoms. The number of aromatic nitrogens is 1. The molecule has 19 heavy (non-hydrogen) atoms. The summed E-state index contributed by atoms with van der Waals surface area (Å²) < 4.78 is 1.08. The standard InChI is InChI=1S/C14H12BrN3S/c15-10-6-13(19-8-10)14(18-16)12-3-1-2-9-7-17-5-4-11(9)12/h1-8,14,18H,16H2. The number of hydrazine groups is 1. The summed E-state index contributed by atoms with van der Waals surface area (Å²) in [4.78, 5) is 5.34. The maximum absolute atomic E-state index is 5.76. The lowest BCUT2D eigenvalue weighted by Gasteiger charge is -2.16. The Morgan fingerprint density at radius 3 is 2.95 bits per heavy atom. The Balaban J connectivity index is 2.16. The van der Waals surface area contributed by atoms with Gasteiger partial charge in [0.1, 0.15) is 0 Å². The third-order valence-corrected chi connectivity index (χ3v) is 4.82. The Bertz CT molecular complexity index is 705. The van der Waals surface area contributed by atoms with Crippen molar-refractivity contribution in [3.63, 3.8) is 0 Å². The molecule has 3 rings (SSSR count). The minimum Gasteiger partial charge on any atom is -0.271 e. The van der Waals surface area contributed by atoms with Crippen LogP contribution in [0.15, 0.2) is 52.6 Å². The Labute approximate surface area is 123 Å². The van der Waals surface area contributed by atoms with Crippen molar-refractivity contribution in [2.45, 2.75) is 6.04 Å². The monoisotopic (exact) mass is 333 g/mol. The number of nitrogens with two attached hydrogens (primary N) is 1. The summed E-state index contributed by atoms with van der Waals surface area (Å²) in [7, 11) is 0. The molecule has 96 valence electrons. The van der Waals surface area contributed by atoms with Gasteiger partial charge < -0.3 is 0 Å². The Morgan fingerprint density at radius 1 is 1.32 bits per heavy atom. The highest BCUT2D eigenvalue weighted by Crippen LogP contribution is 2.32.